The van der Waals surface area contributed by atoms with E-state index in [9.17, 15) is 0 Å². The summed E-state index contributed by atoms with van der Waals surface area (Å²) in [6, 6.07) is 18.1. The van der Waals surface area contributed by atoms with Crippen LogP contribution in [0.2, 0.25) is 0 Å². The van der Waals surface area contributed by atoms with Crippen LogP contribution in [0.1, 0.15) is 36.1 Å². The highest BCUT2D eigenvalue weighted by Crippen LogP contribution is 2.26. The van der Waals surface area contributed by atoms with Crippen molar-refractivity contribution < 1.29 is 4.74 Å². The Balaban J connectivity index is 1.68. The lowest BCUT2D eigenvalue weighted by molar-refractivity contribution is 0.402. The van der Waals surface area contributed by atoms with Crippen LogP contribution >= 0.6 is 0 Å². The molecule has 3 rings (SSSR count). The number of aryl methyl sites for hydroxylation is 1. The van der Waals surface area contributed by atoms with Gasteiger partial charge in [-0.1, -0.05) is 36.4 Å². The summed E-state index contributed by atoms with van der Waals surface area (Å²) in [5, 5.41) is 3.77. The van der Waals surface area contributed by atoms with Crippen LogP contribution in [0.3, 0.4) is 0 Å². The minimum Gasteiger partial charge on any atom is -0.497 e. The van der Waals surface area contributed by atoms with Gasteiger partial charge >= 0.3 is 0 Å². The standard InChI is InChI=1S/C19H23NO/c1-14(15-6-4-3-5-7-15)20-18-10-8-16-9-11-19(21-2)13-17(16)12-18/h3-7,9,11,13-14,18,20H,8,10,12H2,1-2H3/t14-,18?/m0/s1. The average molecular weight is 281 g/mol. The molecule has 2 nitrogen and oxygen atoms in total. The van der Waals surface area contributed by atoms with Gasteiger partial charge in [0.25, 0.3) is 0 Å². The molecule has 21 heavy (non-hydrogen) atoms. The first-order chi connectivity index (χ1) is 10.3. The number of hydrogen-bond donors (Lipinski definition) is 1. The fraction of sp³-hybridized carbons (Fsp3) is 0.368. The molecule has 0 aromatic heterocycles. The Kier molecular flexibility index (Phi) is 4.26. The van der Waals surface area contributed by atoms with Crippen molar-refractivity contribution in [1.29, 1.82) is 0 Å². The molecule has 0 heterocycles. The van der Waals surface area contributed by atoms with Crippen LogP contribution in [0.25, 0.3) is 0 Å². The van der Waals surface area contributed by atoms with E-state index < -0.39 is 0 Å². The summed E-state index contributed by atoms with van der Waals surface area (Å²) in [4.78, 5) is 0. The molecule has 0 bridgehead atoms. The van der Waals surface area contributed by atoms with Gasteiger partial charge in [-0.05, 0) is 55.0 Å². The Morgan fingerprint density at radius 1 is 1.10 bits per heavy atom. The van der Waals surface area contributed by atoms with Crippen LogP contribution in [-0.2, 0) is 12.8 Å². The van der Waals surface area contributed by atoms with Crippen molar-refractivity contribution in [3.8, 4) is 5.75 Å². The predicted molar refractivity (Wildman–Crippen MR) is 86.8 cm³/mol. The van der Waals surface area contributed by atoms with E-state index in [4.69, 9.17) is 4.74 Å². The van der Waals surface area contributed by atoms with Crippen molar-refractivity contribution >= 4 is 0 Å². The lowest BCUT2D eigenvalue weighted by Crippen LogP contribution is -2.36. The van der Waals surface area contributed by atoms with E-state index in [1.165, 1.54) is 23.1 Å². The SMILES string of the molecule is COc1ccc2c(c1)CC(N[C@@H](C)c1ccccc1)CC2. The molecule has 0 saturated heterocycles. The molecule has 0 radical (unpaired) electrons. The van der Waals surface area contributed by atoms with Crippen LogP contribution in [0.5, 0.6) is 5.75 Å². The zero-order valence-electron chi connectivity index (χ0n) is 12.8. The van der Waals surface area contributed by atoms with E-state index in [2.05, 4.69) is 60.8 Å². The molecule has 0 aliphatic heterocycles. The molecule has 1 unspecified atom stereocenters. The molecule has 0 amide bonds. The lowest BCUT2D eigenvalue weighted by Gasteiger charge is -2.29. The zero-order valence-corrected chi connectivity index (χ0v) is 12.8. The van der Waals surface area contributed by atoms with E-state index in [1.54, 1.807) is 7.11 Å². The van der Waals surface area contributed by atoms with Gasteiger partial charge in [0.15, 0.2) is 0 Å². The molecule has 0 saturated carbocycles. The van der Waals surface area contributed by atoms with Gasteiger partial charge in [0.2, 0.25) is 0 Å². The van der Waals surface area contributed by atoms with E-state index in [-0.39, 0.29) is 0 Å². The number of nitrogens with one attached hydrogen (secondary N) is 1. The maximum absolute atomic E-state index is 5.35. The normalized spacial score (nSPS) is 18.9. The molecule has 0 fully saturated rings. The average Bonchev–Trinajstić information content (AvgIpc) is 2.55. The van der Waals surface area contributed by atoms with Gasteiger partial charge in [-0.2, -0.15) is 0 Å². The van der Waals surface area contributed by atoms with Crippen molar-refractivity contribution in [3.05, 3.63) is 65.2 Å². The van der Waals surface area contributed by atoms with Crippen molar-refractivity contribution in [1.82, 2.24) is 5.32 Å². The molecule has 1 aliphatic carbocycles. The molecule has 2 aromatic carbocycles. The second-order valence-corrected chi connectivity index (χ2v) is 5.87. The summed E-state index contributed by atoms with van der Waals surface area (Å²) in [5.74, 6) is 0.963. The van der Waals surface area contributed by atoms with Crippen molar-refractivity contribution in [2.75, 3.05) is 7.11 Å². The van der Waals surface area contributed by atoms with Gasteiger partial charge in [-0.25, -0.2) is 0 Å². The van der Waals surface area contributed by atoms with E-state index in [1.807, 2.05) is 0 Å². The van der Waals surface area contributed by atoms with Crippen LogP contribution in [0, 0.1) is 0 Å². The second-order valence-electron chi connectivity index (χ2n) is 5.87. The fourth-order valence-electron chi connectivity index (χ4n) is 3.19. The van der Waals surface area contributed by atoms with Gasteiger partial charge in [0.05, 0.1) is 7.11 Å². The number of ether oxygens (including phenoxy) is 1. The Morgan fingerprint density at radius 3 is 2.67 bits per heavy atom. The van der Waals surface area contributed by atoms with E-state index in [0.29, 0.717) is 12.1 Å². The van der Waals surface area contributed by atoms with E-state index in [0.717, 1.165) is 18.6 Å². The summed E-state index contributed by atoms with van der Waals surface area (Å²) < 4.78 is 5.35. The molecule has 1 N–H and O–H groups in total. The largest absolute Gasteiger partial charge is 0.497 e. The highest BCUT2D eigenvalue weighted by molar-refractivity contribution is 5.38. The topological polar surface area (TPSA) is 21.3 Å². The summed E-state index contributed by atoms with van der Waals surface area (Å²) in [6.07, 6.45) is 3.44. The maximum Gasteiger partial charge on any atom is 0.119 e. The number of benzene rings is 2. The lowest BCUT2D eigenvalue weighted by atomic mass is 9.87. The quantitative estimate of drug-likeness (QED) is 0.917. The highest BCUT2D eigenvalue weighted by Gasteiger charge is 2.20. The summed E-state index contributed by atoms with van der Waals surface area (Å²) in [7, 11) is 1.73. The van der Waals surface area contributed by atoms with Crippen LogP contribution in [-0.4, -0.2) is 13.2 Å². The smallest absolute Gasteiger partial charge is 0.119 e. The highest BCUT2D eigenvalue weighted by atomic mass is 16.5. The molecule has 2 atom stereocenters. The molecular formula is C19H23NO. The molecule has 2 aromatic rings. The molecule has 1 aliphatic rings. The molecule has 0 spiro atoms. The van der Waals surface area contributed by atoms with Crippen LogP contribution < -0.4 is 10.1 Å². The Labute approximate surface area is 127 Å². The first-order valence-corrected chi connectivity index (χ1v) is 7.73. The third-order valence-corrected chi connectivity index (χ3v) is 4.43. The number of rotatable bonds is 4. The minimum atomic E-state index is 0.392. The van der Waals surface area contributed by atoms with Gasteiger partial charge < -0.3 is 10.1 Å². The first-order valence-electron chi connectivity index (χ1n) is 7.73. The first kappa shape index (κ1) is 14.2. The second kappa shape index (κ2) is 6.31. The third-order valence-electron chi connectivity index (χ3n) is 4.43. The van der Waals surface area contributed by atoms with Crippen molar-refractivity contribution in [3.63, 3.8) is 0 Å². The Hall–Kier alpha value is -1.80. The van der Waals surface area contributed by atoms with Crippen LogP contribution in [0.15, 0.2) is 48.5 Å². The Bertz CT molecular complexity index is 594. The fourth-order valence-corrected chi connectivity index (χ4v) is 3.19. The molecular weight excluding hydrogens is 258 g/mol. The van der Waals surface area contributed by atoms with E-state index >= 15 is 0 Å². The Morgan fingerprint density at radius 2 is 1.90 bits per heavy atom. The van der Waals surface area contributed by atoms with Gasteiger partial charge in [-0.3, -0.25) is 0 Å². The summed E-state index contributed by atoms with van der Waals surface area (Å²) in [5.41, 5.74) is 4.26. The monoisotopic (exact) mass is 281 g/mol. The van der Waals surface area contributed by atoms with Gasteiger partial charge in [-0.15, -0.1) is 0 Å². The summed E-state index contributed by atoms with van der Waals surface area (Å²) >= 11 is 0. The summed E-state index contributed by atoms with van der Waals surface area (Å²) in [6.45, 7) is 2.25. The minimum absolute atomic E-state index is 0.392. The van der Waals surface area contributed by atoms with Crippen molar-refractivity contribution in [2.45, 2.75) is 38.3 Å². The van der Waals surface area contributed by atoms with Crippen LogP contribution in [0.4, 0.5) is 0 Å². The number of methoxy groups -OCH3 is 1. The zero-order chi connectivity index (χ0) is 14.7. The molecule has 2 heteroatoms. The maximum atomic E-state index is 5.35. The number of fused-ring (bicyclic) bond motifs is 1. The third kappa shape index (κ3) is 3.27. The predicted octanol–water partition coefficient (Wildman–Crippen LogP) is 3.90. The molecule has 110 valence electrons. The van der Waals surface area contributed by atoms with Gasteiger partial charge in [0, 0.05) is 12.1 Å². The number of hydrogen-bond acceptors (Lipinski definition) is 2. The van der Waals surface area contributed by atoms with Crippen molar-refractivity contribution in [2.24, 2.45) is 0 Å². The van der Waals surface area contributed by atoms with Gasteiger partial charge in [0.1, 0.15) is 5.75 Å².